The molecule has 0 fully saturated rings. The molecule has 0 amide bonds. The van der Waals surface area contributed by atoms with Crippen LogP contribution in [0.25, 0.3) is 0 Å². The third-order valence-corrected chi connectivity index (χ3v) is 4.58. The second kappa shape index (κ2) is 8.70. The minimum atomic E-state index is -0.175. The molecule has 3 rings (SSSR count). The van der Waals surface area contributed by atoms with Crippen molar-refractivity contribution in [3.8, 4) is 5.75 Å². The Balaban J connectivity index is 0.00000243. The van der Waals surface area contributed by atoms with Gasteiger partial charge in [-0.3, -0.25) is 9.98 Å². The Bertz CT molecular complexity index is 776. The summed E-state index contributed by atoms with van der Waals surface area (Å²) in [6.07, 6.45) is 2.70. The summed E-state index contributed by atoms with van der Waals surface area (Å²) in [5.74, 6) is 1.38. The predicted octanol–water partition coefficient (Wildman–Crippen LogP) is 3.71. The van der Waals surface area contributed by atoms with Gasteiger partial charge in [-0.15, -0.1) is 24.0 Å². The second-order valence-electron chi connectivity index (χ2n) is 7.13. The van der Waals surface area contributed by atoms with Crippen molar-refractivity contribution in [1.29, 1.82) is 0 Å². The summed E-state index contributed by atoms with van der Waals surface area (Å²) in [4.78, 5) is 9.11. The molecule has 3 N–H and O–H groups in total. The number of hydrogen-bond donors (Lipinski definition) is 2. The zero-order chi connectivity index (χ0) is 17.9. The lowest BCUT2D eigenvalue weighted by Gasteiger charge is -2.28. The molecule has 0 aliphatic carbocycles. The number of aliphatic imine (C=N–C) groups is 1. The van der Waals surface area contributed by atoms with Gasteiger partial charge in [-0.25, -0.2) is 0 Å². The minimum absolute atomic E-state index is 0. The van der Waals surface area contributed by atoms with Crippen LogP contribution in [0.1, 0.15) is 43.1 Å². The first-order chi connectivity index (χ1) is 12.0. The number of para-hydroxylation sites is 1. The molecule has 1 aliphatic rings. The van der Waals surface area contributed by atoms with Gasteiger partial charge in [0.1, 0.15) is 5.75 Å². The van der Waals surface area contributed by atoms with E-state index in [1.807, 2.05) is 30.5 Å². The number of nitrogens with one attached hydrogen (secondary N) is 1. The largest absolute Gasteiger partial charge is 0.493 e. The lowest BCUT2D eigenvalue weighted by molar-refractivity contribution is 0.262. The Morgan fingerprint density at radius 1 is 1.31 bits per heavy atom. The van der Waals surface area contributed by atoms with Crippen LogP contribution >= 0.6 is 24.0 Å². The minimum Gasteiger partial charge on any atom is -0.493 e. The van der Waals surface area contributed by atoms with Crippen LogP contribution in [0.4, 0.5) is 0 Å². The van der Waals surface area contributed by atoms with Crippen LogP contribution in [0.3, 0.4) is 0 Å². The summed E-state index contributed by atoms with van der Waals surface area (Å²) < 4.78 is 5.69. The topological polar surface area (TPSA) is 72.5 Å². The average Bonchev–Trinajstić information content (AvgIpc) is 2.61. The number of guanidine groups is 1. The number of halogens is 1. The first-order valence-corrected chi connectivity index (χ1v) is 8.67. The lowest BCUT2D eigenvalue weighted by atomic mass is 9.86. The van der Waals surface area contributed by atoms with E-state index in [-0.39, 0.29) is 35.4 Å². The van der Waals surface area contributed by atoms with E-state index in [0.29, 0.717) is 19.1 Å². The van der Waals surface area contributed by atoms with Crippen LogP contribution in [0.15, 0.2) is 47.6 Å². The molecule has 2 heterocycles. The van der Waals surface area contributed by atoms with Crippen LogP contribution in [0, 0.1) is 6.92 Å². The van der Waals surface area contributed by atoms with Crippen LogP contribution < -0.4 is 15.8 Å². The number of hydrogen-bond acceptors (Lipinski definition) is 3. The molecule has 1 aromatic carbocycles. The molecule has 0 saturated heterocycles. The molecular weight excluding hydrogens is 439 g/mol. The summed E-state index contributed by atoms with van der Waals surface area (Å²) in [6.45, 7) is 7.62. The normalized spacial score (nSPS) is 16.9. The van der Waals surface area contributed by atoms with Crippen molar-refractivity contribution in [2.75, 3.05) is 13.2 Å². The molecule has 0 bridgehead atoms. The third-order valence-electron chi connectivity index (χ3n) is 4.58. The maximum atomic E-state index is 6.16. The lowest BCUT2D eigenvalue weighted by Crippen LogP contribution is -2.38. The Labute approximate surface area is 172 Å². The Morgan fingerprint density at radius 3 is 2.85 bits per heavy atom. The van der Waals surface area contributed by atoms with Gasteiger partial charge in [-0.1, -0.05) is 38.1 Å². The number of rotatable bonds is 4. The molecule has 1 unspecified atom stereocenters. The summed E-state index contributed by atoms with van der Waals surface area (Å²) in [5, 5.41) is 3.34. The van der Waals surface area contributed by atoms with Crippen LogP contribution in [0.5, 0.6) is 5.75 Å². The van der Waals surface area contributed by atoms with Gasteiger partial charge in [0.15, 0.2) is 5.96 Å². The van der Waals surface area contributed by atoms with Crippen molar-refractivity contribution in [2.24, 2.45) is 10.7 Å². The molecule has 2 aromatic rings. The zero-order valence-corrected chi connectivity index (χ0v) is 17.9. The number of pyridine rings is 1. The zero-order valence-electron chi connectivity index (χ0n) is 15.5. The number of aryl methyl sites for hydroxylation is 1. The fourth-order valence-corrected chi connectivity index (χ4v) is 3.27. The van der Waals surface area contributed by atoms with Gasteiger partial charge in [0.25, 0.3) is 0 Å². The van der Waals surface area contributed by atoms with E-state index in [0.717, 1.165) is 23.4 Å². The highest BCUT2D eigenvalue weighted by molar-refractivity contribution is 14.0. The van der Waals surface area contributed by atoms with Crippen LogP contribution in [0.2, 0.25) is 0 Å². The molecular formula is C20H27IN4O. The fourth-order valence-electron chi connectivity index (χ4n) is 3.27. The molecule has 26 heavy (non-hydrogen) atoms. The standard InChI is InChI=1S/C20H26N4O.HI/c1-14-7-6-11-22-18(14)20(2,3)13-23-19(21)24-16-10-12-25-17-9-5-4-8-15(16)17;/h4-9,11,16H,10,12-13H2,1-3H3,(H3,21,23,24);1H. The third kappa shape index (κ3) is 4.66. The van der Waals surface area contributed by atoms with E-state index in [4.69, 9.17) is 10.5 Å². The van der Waals surface area contributed by atoms with Gasteiger partial charge in [-0.05, 0) is 24.6 Å². The number of nitrogens with zero attached hydrogens (tertiary/aromatic N) is 2. The predicted molar refractivity (Wildman–Crippen MR) is 116 cm³/mol. The van der Waals surface area contributed by atoms with Gasteiger partial charge in [-0.2, -0.15) is 0 Å². The first kappa shape index (κ1) is 20.5. The van der Waals surface area contributed by atoms with E-state index >= 15 is 0 Å². The smallest absolute Gasteiger partial charge is 0.189 e. The summed E-state index contributed by atoms with van der Waals surface area (Å²) >= 11 is 0. The molecule has 1 atom stereocenters. The van der Waals surface area contributed by atoms with E-state index in [1.54, 1.807) is 0 Å². The molecule has 0 spiro atoms. The van der Waals surface area contributed by atoms with Crippen molar-refractivity contribution in [2.45, 2.75) is 38.6 Å². The molecule has 1 aliphatic heterocycles. The first-order valence-electron chi connectivity index (χ1n) is 8.67. The monoisotopic (exact) mass is 466 g/mol. The van der Waals surface area contributed by atoms with Gasteiger partial charge in [0.2, 0.25) is 0 Å². The van der Waals surface area contributed by atoms with Gasteiger partial charge >= 0.3 is 0 Å². The number of benzene rings is 1. The molecule has 0 radical (unpaired) electrons. The van der Waals surface area contributed by atoms with E-state index in [9.17, 15) is 0 Å². The quantitative estimate of drug-likeness (QED) is 0.410. The maximum Gasteiger partial charge on any atom is 0.189 e. The summed E-state index contributed by atoms with van der Waals surface area (Å²) in [6, 6.07) is 12.2. The van der Waals surface area contributed by atoms with Crippen LogP contribution in [-0.4, -0.2) is 24.1 Å². The van der Waals surface area contributed by atoms with Gasteiger partial charge in [0, 0.05) is 23.6 Å². The highest BCUT2D eigenvalue weighted by Gasteiger charge is 2.25. The van der Waals surface area contributed by atoms with Crippen molar-refractivity contribution in [1.82, 2.24) is 10.3 Å². The van der Waals surface area contributed by atoms with E-state index < -0.39 is 0 Å². The molecule has 1 aromatic heterocycles. The number of ether oxygens (including phenoxy) is 1. The van der Waals surface area contributed by atoms with Crippen LogP contribution in [-0.2, 0) is 5.41 Å². The van der Waals surface area contributed by atoms with Crippen molar-refractivity contribution in [3.05, 3.63) is 59.4 Å². The number of nitrogens with two attached hydrogens (primary N) is 1. The Kier molecular flexibility index (Phi) is 6.86. The maximum absolute atomic E-state index is 6.16. The van der Waals surface area contributed by atoms with Gasteiger partial charge < -0.3 is 15.8 Å². The Morgan fingerprint density at radius 2 is 2.08 bits per heavy atom. The SMILES string of the molecule is Cc1cccnc1C(C)(C)CN=C(N)NC1CCOc2ccccc21.I. The molecule has 0 saturated carbocycles. The number of fused-ring (bicyclic) bond motifs is 1. The second-order valence-corrected chi connectivity index (χ2v) is 7.13. The van der Waals surface area contributed by atoms with Crippen molar-refractivity contribution < 1.29 is 4.74 Å². The number of aromatic nitrogens is 1. The average molecular weight is 466 g/mol. The summed E-state index contributed by atoms with van der Waals surface area (Å²) in [5.41, 5.74) is 9.35. The van der Waals surface area contributed by atoms with Crippen molar-refractivity contribution in [3.63, 3.8) is 0 Å². The fraction of sp³-hybridized carbons (Fsp3) is 0.400. The van der Waals surface area contributed by atoms with Gasteiger partial charge in [0.05, 0.1) is 24.9 Å². The highest BCUT2D eigenvalue weighted by Crippen LogP contribution is 2.31. The summed E-state index contributed by atoms with van der Waals surface area (Å²) in [7, 11) is 0. The van der Waals surface area contributed by atoms with E-state index in [1.165, 1.54) is 5.56 Å². The molecule has 6 heteroatoms. The van der Waals surface area contributed by atoms with E-state index in [2.05, 4.69) is 48.2 Å². The molecule has 5 nitrogen and oxygen atoms in total. The Hall–Kier alpha value is -1.83. The molecule has 140 valence electrons. The van der Waals surface area contributed by atoms with Crippen molar-refractivity contribution >= 4 is 29.9 Å². The highest BCUT2D eigenvalue weighted by atomic mass is 127.